The third-order valence-electron chi connectivity index (χ3n) is 4.26. The van der Waals surface area contributed by atoms with Crippen LogP contribution in [0.15, 0.2) is 84.9 Å². The summed E-state index contributed by atoms with van der Waals surface area (Å²) in [5.41, 5.74) is 2.03. The summed E-state index contributed by atoms with van der Waals surface area (Å²) in [4.78, 5) is 0. The summed E-state index contributed by atoms with van der Waals surface area (Å²) >= 11 is 5.39. The van der Waals surface area contributed by atoms with E-state index in [-0.39, 0.29) is 6.04 Å². The highest BCUT2D eigenvalue weighted by Gasteiger charge is 2.29. The van der Waals surface area contributed by atoms with Crippen molar-refractivity contribution in [3.05, 3.63) is 102 Å². The SMILES string of the molecule is FC(F)(F)c1ccc(NC(=S)NC(Cc2ccccc2)c2ccccc2)cc1. The average molecular weight is 400 g/mol. The summed E-state index contributed by atoms with van der Waals surface area (Å²) in [5.74, 6) is 0. The van der Waals surface area contributed by atoms with Gasteiger partial charge in [-0.15, -0.1) is 0 Å². The van der Waals surface area contributed by atoms with E-state index in [1.165, 1.54) is 12.1 Å². The highest BCUT2D eigenvalue weighted by molar-refractivity contribution is 7.80. The summed E-state index contributed by atoms with van der Waals surface area (Å²) in [5, 5.41) is 6.58. The molecule has 28 heavy (non-hydrogen) atoms. The topological polar surface area (TPSA) is 24.1 Å². The molecule has 6 heteroatoms. The van der Waals surface area contributed by atoms with Crippen molar-refractivity contribution in [2.45, 2.75) is 18.6 Å². The Morgan fingerprint density at radius 3 is 1.96 bits per heavy atom. The van der Waals surface area contributed by atoms with Crippen molar-refractivity contribution in [2.24, 2.45) is 0 Å². The number of benzene rings is 3. The van der Waals surface area contributed by atoms with Crippen LogP contribution in [0.5, 0.6) is 0 Å². The van der Waals surface area contributed by atoms with Gasteiger partial charge in [0, 0.05) is 5.69 Å². The van der Waals surface area contributed by atoms with Gasteiger partial charge in [-0.25, -0.2) is 0 Å². The Hall–Kier alpha value is -2.86. The molecule has 3 aromatic rings. The Kier molecular flexibility index (Phi) is 6.31. The Labute approximate surface area is 167 Å². The van der Waals surface area contributed by atoms with Gasteiger partial charge >= 0.3 is 6.18 Å². The standard InChI is InChI=1S/C22H19F3N2S/c23-22(24,25)18-11-13-19(14-12-18)26-21(28)27-20(17-9-5-2-6-10-17)15-16-7-3-1-4-8-16/h1-14,20H,15H2,(H2,26,27,28). The molecule has 0 heterocycles. The molecule has 2 N–H and O–H groups in total. The number of nitrogens with one attached hydrogen (secondary N) is 2. The summed E-state index contributed by atoms with van der Waals surface area (Å²) in [6.45, 7) is 0. The van der Waals surface area contributed by atoms with Crippen LogP contribution in [0, 0.1) is 0 Å². The van der Waals surface area contributed by atoms with Gasteiger partial charge < -0.3 is 10.6 Å². The van der Waals surface area contributed by atoms with Crippen LogP contribution in [0.3, 0.4) is 0 Å². The Bertz CT molecular complexity index is 895. The molecule has 2 nitrogen and oxygen atoms in total. The van der Waals surface area contributed by atoms with E-state index in [0.717, 1.165) is 29.7 Å². The van der Waals surface area contributed by atoms with Crippen molar-refractivity contribution in [2.75, 3.05) is 5.32 Å². The number of thiocarbonyl (C=S) groups is 1. The van der Waals surface area contributed by atoms with Crippen LogP contribution in [0.25, 0.3) is 0 Å². The monoisotopic (exact) mass is 400 g/mol. The second-order valence-electron chi connectivity index (χ2n) is 6.33. The number of hydrogen-bond donors (Lipinski definition) is 2. The molecule has 0 radical (unpaired) electrons. The lowest BCUT2D eigenvalue weighted by Gasteiger charge is -2.22. The zero-order chi connectivity index (χ0) is 20.0. The van der Waals surface area contributed by atoms with Gasteiger partial charge in [0.15, 0.2) is 5.11 Å². The zero-order valence-corrected chi connectivity index (χ0v) is 15.7. The molecule has 0 fully saturated rings. The highest BCUT2D eigenvalue weighted by atomic mass is 32.1. The third-order valence-corrected chi connectivity index (χ3v) is 4.48. The second kappa shape index (κ2) is 8.89. The van der Waals surface area contributed by atoms with E-state index in [9.17, 15) is 13.2 Å². The van der Waals surface area contributed by atoms with Crippen molar-refractivity contribution < 1.29 is 13.2 Å². The van der Waals surface area contributed by atoms with E-state index < -0.39 is 11.7 Å². The molecule has 144 valence electrons. The fourth-order valence-electron chi connectivity index (χ4n) is 2.86. The van der Waals surface area contributed by atoms with Crippen LogP contribution in [0.4, 0.5) is 18.9 Å². The van der Waals surface area contributed by atoms with Crippen LogP contribution < -0.4 is 10.6 Å². The molecule has 0 aliphatic carbocycles. The van der Waals surface area contributed by atoms with E-state index in [0.29, 0.717) is 10.8 Å². The van der Waals surface area contributed by atoms with E-state index >= 15 is 0 Å². The Balaban J connectivity index is 1.70. The molecule has 3 rings (SSSR count). The third kappa shape index (κ3) is 5.57. The molecular weight excluding hydrogens is 381 g/mol. The minimum atomic E-state index is -4.36. The molecule has 3 aromatic carbocycles. The van der Waals surface area contributed by atoms with Crippen LogP contribution in [-0.2, 0) is 12.6 Å². The second-order valence-corrected chi connectivity index (χ2v) is 6.73. The van der Waals surface area contributed by atoms with Gasteiger partial charge in [0.1, 0.15) is 0 Å². The quantitative estimate of drug-likeness (QED) is 0.516. The highest BCUT2D eigenvalue weighted by Crippen LogP contribution is 2.29. The maximum atomic E-state index is 12.7. The molecule has 0 saturated heterocycles. The van der Waals surface area contributed by atoms with E-state index in [4.69, 9.17) is 12.2 Å². The Morgan fingerprint density at radius 1 is 0.821 bits per heavy atom. The molecule has 0 saturated carbocycles. The zero-order valence-electron chi connectivity index (χ0n) is 14.9. The number of rotatable bonds is 5. The number of alkyl halides is 3. The Morgan fingerprint density at radius 2 is 1.39 bits per heavy atom. The molecular formula is C22H19F3N2S. The summed E-state index contributed by atoms with van der Waals surface area (Å²) < 4.78 is 38.1. The number of hydrogen-bond acceptors (Lipinski definition) is 1. The molecule has 0 amide bonds. The van der Waals surface area contributed by atoms with Gasteiger partial charge in [0.05, 0.1) is 11.6 Å². The molecule has 0 aromatic heterocycles. The average Bonchev–Trinajstić information content (AvgIpc) is 2.69. The lowest BCUT2D eigenvalue weighted by Crippen LogP contribution is -2.33. The molecule has 0 bridgehead atoms. The van der Waals surface area contributed by atoms with Crippen LogP contribution in [0.1, 0.15) is 22.7 Å². The van der Waals surface area contributed by atoms with Gasteiger partial charge in [-0.2, -0.15) is 13.2 Å². The van der Waals surface area contributed by atoms with Gasteiger partial charge in [0.25, 0.3) is 0 Å². The first kappa shape index (κ1) is 19.9. The van der Waals surface area contributed by atoms with Gasteiger partial charge in [0.2, 0.25) is 0 Å². The van der Waals surface area contributed by atoms with Crippen molar-refractivity contribution in [1.29, 1.82) is 0 Å². The van der Waals surface area contributed by atoms with Gasteiger partial charge in [-0.05, 0) is 54.0 Å². The van der Waals surface area contributed by atoms with E-state index in [1.807, 2.05) is 60.7 Å². The van der Waals surface area contributed by atoms with Crippen LogP contribution in [-0.4, -0.2) is 5.11 Å². The molecule has 1 atom stereocenters. The first-order valence-electron chi connectivity index (χ1n) is 8.75. The van der Waals surface area contributed by atoms with E-state index in [1.54, 1.807) is 0 Å². The summed E-state index contributed by atoms with van der Waals surface area (Å²) in [7, 11) is 0. The lowest BCUT2D eigenvalue weighted by atomic mass is 9.99. The maximum Gasteiger partial charge on any atom is 0.416 e. The smallest absolute Gasteiger partial charge is 0.355 e. The summed E-state index contributed by atoms with van der Waals surface area (Å²) in [6, 6.07) is 24.6. The predicted octanol–water partition coefficient (Wildman–Crippen LogP) is 5.98. The molecule has 0 aliphatic heterocycles. The minimum absolute atomic E-state index is 0.0713. The van der Waals surface area contributed by atoms with Gasteiger partial charge in [-0.3, -0.25) is 0 Å². The van der Waals surface area contributed by atoms with Crippen molar-refractivity contribution >= 4 is 23.0 Å². The normalized spacial score (nSPS) is 12.2. The predicted molar refractivity (Wildman–Crippen MR) is 110 cm³/mol. The molecule has 0 aliphatic rings. The summed E-state index contributed by atoms with van der Waals surface area (Å²) in [6.07, 6.45) is -3.63. The van der Waals surface area contributed by atoms with Crippen LogP contribution >= 0.6 is 12.2 Å². The lowest BCUT2D eigenvalue weighted by molar-refractivity contribution is -0.137. The fourth-order valence-corrected chi connectivity index (χ4v) is 3.12. The van der Waals surface area contributed by atoms with Crippen molar-refractivity contribution in [3.63, 3.8) is 0 Å². The van der Waals surface area contributed by atoms with Crippen molar-refractivity contribution in [1.82, 2.24) is 5.32 Å². The minimum Gasteiger partial charge on any atom is -0.355 e. The first-order chi connectivity index (χ1) is 13.4. The van der Waals surface area contributed by atoms with Crippen molar-refractivity contribution in [3.8, 4) is 0 Å². The maximum absolute atomic E-state index is 12.7. The van der Waals surface area contributed by atoms with Crippen LogP contribution in [0.2, 0.25) is 0 Å². The van der Waals surface area contributed by atoms with Gasteiger partial charge in [-0.1, -0.05) is 60.7 Å². The largest absolute Gasteiger partial charge is 0.416 e. The number of anilines is 1. The molecule has 1 unspecified atom stereocenters. The molecule has 0 spiro atoms. The fraction of sp³-hybridized carbons (Fsp3) is 0.136. The number of halogens is 3. The van der Waals surface area contributed by atoms with E-state index in [2.05, 4.69) is 10.6 Å². The first-order valence-corrected chi connectivity index (χ1v) is 9.16.